The van der Waals surface area contributed by atoms with Crippen LogP contribution in [0.5, 0.6) is 6.01 Å². The van der Waals surface area contributed by atoms with E-state index in [1.165, 1.54) is 24.3 Å². The van der Waals surface area contributed by atoms with Gasteiger partial charge in [0.05, 0.1) is 5.54 Å². The molecule has 5 N–H and O–H groups in total. The van der Waals surface area contributed by atoms with Gasteiger partial charge in [-0.1, -0.05) is 23.7 Å². The highest BCUT2D eigenvalue weighted by Crippen LogP contribution is 2.48. The summed E-state index contributed by atoms with van der Waals surface area (Å²) in [4.78, 5) is 48.9. The predicted octanol–water partition coefficient (Wildman–Crippen LogP) is 5.32. The van der Waals surface area contributed by atoms with Gasteiger partial charge in [0, 0.05) is 35.1 Å². The number of nitrogens with zero attached hydrogens (tertiary/aromatic N) is 3. The van der Waals surface area contributed by atoms with E-state index in [0.29, 0.717) is 22.7 Å². The zero-order valence-corrected chi connectivity index (χ0v) is 26.3. The molecule has 0 atom stereocenters. The maximum atomic E-state index is 13.0. The van der Waals surface area contributed by atoms with Crippen LogP contribution in [-0.2, 0) is 15.1 Å². The number of carbonyl (C=O) groups is 3. The number of hydrogen-bond acceptors (Lipinski definition) is 9. The van der Waals surface area contributed by atoms with Crippen LogP contribution in [0.15, 0.2) is 72.8 Å². The van der Waals surface area contributed by atoms with Crippen LogP contribution in [0.25, 0.3) is 0 Å². The van der Waals surface area contributed by atoms with Crippen LogP contribution < -0.4 is 31.3 Å². The van der Waals surface area contributed by atoms with Gasteiger partial charge in [-0.25, -0.2) is 4.39 Å². The fourth-order valence-corrected chi connectivity index (χ4v) is 4.63. The van der Waals surface area contributed by atoms with Crippen molar-refractivity contribution in [1.82, 2.24) is 25.6 Å². The Labute approximate surface area is 282 Å². The average molecular weight is 701 g/mol. The Balaban J connectivity index is 1.13. The smallest absolute Gasteiger partial charge is 0.422 e. The second-order valence-corrected chi connectivity index (χ2v) is 11.3. The third-order valence-electron chi connectivity index (χ3n) is 7.11. The SMILES string of the molecule is O=C(NCCCNC(=O)c1ccc(Nc2nc(NC3(c4ccc(Cl)cc4)CC3)nc(OCC(F)(F)F)n2)cc1)C(=O)Nc1ccc(F)cc1. The van der Waals surface area contributed by atoms with Crippen LogP contribution in [0.3, 0.4) is 0 Å². The number of anilines is 4. The maximum absolute atomic E-state index is 13.0. The third kappa shape index (κ3) is 10.2. The molecule has 0 bridgehead atoms. The fourth-order valence-electron chi connectivity index (χ4n) is 4.50. The number of carbonyl (C=O) groups excluding carboxylic acids is 3. The molecule has 49 heavy (non-hydrogen) atoms. The molecule has 1 aliphatic carbocycles. The first-order valence-electron chi connectivity index (χ1n) is 14.9. The summed E-state index contributed by atoms with van der Waals surface area (Å²) in [5.41, 5.74) is 1.39. The molecule has 5 rings (SSSR count). The number of nitrogens with one attached hydrogen (secondary N) is 5. The quantitative estimate of drug-likeness (QED) is 0.0707. The van der Waals surface area contributed by atoms with Gasteiger partial charge in [0.15, 0.2) is 6.61 Å². The summed E-state index contributed by atoms with van der Waals surface area (Å²) in [6, 6.07) is 17.7. The molecule has 1 aliphatic rings. The summed E-state index contributed by atoms with van der Waals surface area (Å²) in [6.07, 6.45) is -2.82. The number of rotatable bonds is 13. The van der Waals surface area contributed by atoms with Gasteiger partial charge in [0.1, 0.15) is 5.82 Å². The highest BCUT2D eigenvalue weighted by molar-refractivity contribution is 6.39. The van der Waals surface area contributed by atoms with Crippen LogP contribution in [0.1, 0.15) is 35.2 Å². The topological polar surface area (TPSA) is 159 Å². The van der Waals surface area contributed by atoms with Gasteiger partial charge >= 0.3 is 24.0 Å². The lowest BCUT2D eigenvalue weighted by Crippen LogP contribution is -2.37. The number of alkyl halides is 3. The molecule has 4 aromatic rings. The highest BCUT2D eigenvalue weighted by atomic mass is 35.5. The molecule has 1 aromatic heterocycles. The minimum Gasteiger partial charge on any atom is -0.454 e. The molecule has 1 saturated carbocycles. The Hall–Kier alpha value is -5.51. The Bertz CT molecular complexity index is 1790. The molecular weight excluding hydrogens is 672 g/mol. The van der Waals surface area contributed by atoms with Crippen molar-refractivity contribution in [2.45, 2.75) is 31.0 Å². The van der Waals surface area contributed by atoms with Crippen molar-refractivity contribution in [1.29, 1.82) is 0 Å². The first-order chi connectivity index (χ1) is 23.4. The van der Waals surface area contributed by atoms with Gasteiger partial charge in [0.25, 0.3) is 5.91 Å². The van der Waals surface area contributed by atoms with E-state index >= 15 is 0 Å². The molecular formula is C32H29ClF4N8O4. The molecule has 1 heterocycles. The zero-order valence-electron chi connectivity index (χ0n) is 25.5. The molecule has 0 saturated heterocycles. The number of ether oxygens (including phenoxy) is 1. The van der Waals surface area contributed by atoms with Crippen molar-refractivity contribution in [2.75, 3.05) is 35.6 Å². The van der Waals surface area contributed by atoms with Crippen LogP contribution in [0, 0.1) is 5.82 Å². The Morgan fingerprint density at radius 1 is 0.796 bits per heavy atom. The zero-order chi connectivity index (χ0) is 35.0. The standard InChI is InChI=1S/C32H29ClF4N8O4/c33-21-6-4-20(5-7-21)31(14-15-31)45-29-42-28(43-30(44-29)49-18-32(35,36)37)41-24-10-2-19(3-11-24)25(46)38-16-1-17-39-26(47)27(48)40-23-12-8-22(34)9-13-23/h2-13H,1,14-18H2,(H,38,46)(H,39,47)(H,40,48)(H2,41,42,43,44,45). The lowest BCUT2D eigenvalue weighted by Gasteiger charge is -2.19. The molecule has 256 valence electrons. The van der Waals surface area contributed by atoms with E-state index in [1.54, 1.807) is 24.3 Å². The second kappa shape index (κ2) is 15.1. The number of aromatic nitrogens is 3. The highest BCUT2D eigenvalue weighted by Gasteiger charge is 2.45. The fraction of sp³-hybridized carbons (Fsp3) is 0.250. The van der Waals surface area contributed by atoms with Gasteiger partial charge in [-0.05, 0) is 85.5 Å². The van der Waals surface area contributed by atoms with E-state index in [-0.39, 0.29) is 30.7 Å². The summed E-state index contributed by atoms with van der Waals surface area (Å²) in [5.74, 6) is -2.77. The van der Waals surface area contributed by atoms with Crippen molar-refractivity contribution in [2.24, 2.45) is 0 Å². The molecule has 17 heteroatoms. The Kier molecular flexibility index (Phi) is 10.8. The lowest BCUT2D eigenvalue weighted by atomic mass is 10.1. The molecule has 12 nitrogen and oxygen atoms in total. The largest absolute Gasteiger partial charge is 0.454 e. The average Bonchev–Trinajstić information content (AvgIpc) is 3.85. The van der Waals surface area contributed by atoms with Crippen LogP contribution in [0.2, 0.25) is 5.02 Å². The third-order valence-corrected chi connectivity index (χ3v) is 7.37. The van der Waals surface area contributed by atoms with Gasteiger partial charge in [-0.2, -0.15) is 28.1 Å². The number of amides is 3. The Morgan fingerprint density at radius 3 is 2.08 bits per heavy atom. The molecule has 0 aliphatic heterocycles. The van der Waals surface area contributed by atoms with Crippen molar-refractivity contribution in [3.63, 3.8) is 0 Å². The number of benzene rings is 3. The normalized spacial score (nSPS) is 13.2. The van der Waals surface area contributed by atoms with E-state index in [4.69, 9.17) is 16.3 Å². The van der Waals surface area contributed by atoms with Crippen molar-refractivity contribution >= 4 is 52.6 Å². The van der Waals surface area contributed by atoms with Gasteiger partial charge in [0.2, 0.25) is 11.9 Å². The minimum atomic E-state index is -4.61. The van der Waals surface area contributed by atoms with Crippen molar-refractivity contribution in [3.05, 3.63) is 94.8 Å². The second-order valence-electron chi connectivity index (χ2n) is 10.9. The van der Waals surface area contributed by atoms with Crippen LogP contribution in [-0.4, -0.2) is 58.5 Å². The number of halogens is 5. The molecule has 0 spiro atoms. The maximum Gasteiger partial charge on any atom is 0.422 e. The minimum absolute atomic E-state index is 0.00261. The summed E-state index contributed by atoms with van der Waals surface area (Å²) < 4.78 is 56.4. The molecule has 1 fully saturated rings. The summed E-state index contributed by atoms with van der Waals surface area (Å²) >= 11 is 6.01. The van der Waals surface area contributed by atoms with Gasteiger partial charge in [-0.15, -0.1) is 0 Å². The number of hydrogen-bond donors (Lipinski definition) is 5. The first kappa shape index (κ1) is 34.8. The van der Waals surface area contributed by atoms with E-state index in [9.17, 15) is 31.9 Å². The van der Waals surface area contributed by atoms with E-state index < -0.39 is 47.9 Å². The van der Waals surface area contributed by atoms with E-state index in [0.717, 1.165) is 30.5 Å². The van der Waals surface area contributed by atoms with Crippen LogP contribution in [0.4, 0.5) is 40.8 Å². The lowest BCUT2D eigenvalue weighted by molar-refractivity contribution is -0.154. The van der Waals surface area contributed by atoms with Gasteiger partial charge < -0.3 is 31.3 Å². The first-order valence-corrected chi connectivity index (χ1v) is 15.3. The van der Waals surface area contributed by atoms with E-state index in [2.05, 4.69) is 41.5 Å². The van der Waals surface area contributed by atoms with Crippen molar-refractivity contribution in [3.8, 4) is 6.01 Å². The van der Waals surface area contributed by atoms with Crippen molar-refractivity contribution < 1.29 is 36.7 Å². The monoisotopic (exact) mass is 700 g/mol. The van der Waals surface area contributed by atoms with Crippen LogP contribution >= 0.6 is 11.6 Å². The summed E-state index contributed by atoms with van der Waals surface area (Å²) in [5, 5.41) is 14.1. The van der Waals surface area contributed by atoms with E-state index in [1.807, 2.05) is 12.1 Å². The predicted molar refractivity (Wildman–Crippen MR) is 172 cm³/mol. The summed E-state index contributed by atoms with van der Waals surface area (Å²) in [6.45, 7) is -1.30. The Morgan fingerprint density at radius 2 is 1.43 bits per heavy atom. The summed E-state index contributed by atoms with van der Waals surface area (Å²) in [7, 11) is 0. The molecule has 3 amide bonds. The molecule has 0 radical (unpaired) electrons. The van der Waals surface area contributed by atoms with Gasteiger partial charge in [-0.3, -0.25) is 14.4 Å². The molecule has 0 unspecified atom stereocenters. The molecule has 3 aromatic carbocycles.